The summed E-state index contributed by atoms with van der Waals surface area (Å²) in [5, 5.41) is 3.80. The number of amides is 2. The van der Waals surface area contributed by atoms with E-state index in [1.807, 2.05) is 49.9 Å². The van der Waals surface area contributed by atoms with E-state index >= 15 is 0 Å². The summed E-state index contributed by atoms with van der Waals surface area (Å²) >= 11 is 0. The number of para-hydroxylation sites is 1. The van der Waals surface area contributed by atoms with Gasteiger partial charge in [-0.15, -0.1) is 0 Å². The summed E-state index contributed by atoms with van der Waals surface area (Å²) in [6, 6.07) is 9.77. The monoisotopic (exact) mass is 508 g/mol. The topological polar surface area (TPSA) is 106 Å². The van der Waals surface area contributed by atoms with E-state index in [4.69, 9.17) is 9.47 Å². The molecule has 2 aliphatic heterocycles. The van der Waals surface area contributed by atoms with Crippen LogP contribution in [-0.4, -0.2) is 52.8 Å². The van der Waals surface area contributed by atoms with Crippen LogP contribution in [0.25, 0.3) is 10.9 Å². The van der Waals surface area contributed by atoms with Gasteiger partial charge >= 0.3 is 6.09 Å². The van der Waals surface area contributed by atoms with Crippen molar-refractivity contribution in [3.63, 3.8) is 0 Å². The largest absolute Gasteiger partial charge is 0.496 e. The molecule has 9 heteroatoms. The number of piperidine rings is 1. The number of aryl methyl sites for hydroxylation is 1. The lowest BCUT2D eigenvalue weighted by molar-refractivity contribution is 0.0950. The van der Waals surface area contributed by atoms with E-state index in [-0.39, 0.29) is 30.1 Å². The molecular formula is C28H36N4O5. The second-order valence-corrected chi connectivity index (χ2v) is 9.41. The molecule has 2 aliphatic rings. The molecule has 3 aromatic rings. The van der Waals surface area contributed by atoms with Gasteiger partial charge in [0.25, 0.3) is 11.5 Å². The molecule has 5 rings (SSSR count). The van der Waals surface area contributed by atoms with Gasteiger partial charge in [0.2, 0.25) is 0 Å². The number of cyclic esters (lactones) is 1. The molecule has 4 heterocycles. The Balaban J connectivity index is 0.00000156. The third kappa shape index (κ3) is 5.08. The molecule has 37 heavy (non-hydrogen) atoms. The zero-order valence-electron chi connectivity index (χ0n) is 22.2. The lowest BCUT2D eigenvalue weighted by Crippen LogP contribution is -2.41. The summed E-state index contributed by atoms with van der Waals surface area (Å²) in [6.45, 7) is 9.73. The molecule has 9 nitrogen and oxygen atoms in total. The average molecular weight is 509 g/mol. The number of aromatic amines is 1. The number of aromatic nitrogens is 2. The Morgan fingerprint density at radius 3 is 2.73 bits per heavy atom. The van der Waals surface area contributed by atoms with Crippen molar-refractivity contribution in [3.05, 3.63) is 63.2 Å². The molecule has 2 N–H and O–H groups in total. The molecule has 2 amide bonds. The number of carbonyl (C=O) groups excluding carboxylic acids is 2. The van der Waals surface area contributed by atoms with Crippen molar-refractivity contribution in [1.82, 2.24) is 19.8 Å². The highest BCUT2D eigenvalue weighted by Crippen LogP contribution is 2.32. The number of methoxy groups -OCH3 is 1. The number of benzene rings is 1. The van der Waals surface area contributed by atoms with E-state index in [0.29, 0.717) is 41.6 Å². The number of fused-ring (bicyclic) bond motifs is 2. The van der Waals surface area contributed by atoms with Crippen molar-refractivity contribution in [2.45, 2.75) is 59.7 Å². The third-order valence-electron chi connectivity index (χ3n) is 7.23. The number of nitrogens with one attached hydrogen (secondary N) is 2. The van der Waals surface area contributed by atoms with E-state index in [1.165, 1.54) is 7.11 Å². The summed E-state index contributed by atoms with van der Waals surface area (Å²) in [4.78, 5) is 42.3. The minimum absolute atomic E-state index is 0.0603. The fourth-order valence-electron chi connectivity index (χ4n) is 5.45. The van der Waals surface area contributed by atoms with Crippen LogP contribution >= 0.6 is 0 Å². The van der Waals surface area contributed by atoms with Crippen LogP contribution in [0.1, 0.15) is 54.0 Å². The van der Waals surface area contributed by atoms with Crippen LogP contribution < -0.4 is 15.6 Å². The lowest BCUT2D eigenvalue weighted by atomic mass is 9.91. The van der Waals surface area contributed by atoms with Crippen LogP contribution in [0.4, 0.5) is 4.79 Å². The molecule has 2 aromatic heterocycles. The summed E-state index contributed by atoms with van der Waals surface area (Å²) in [7, 11) is 1.51. The second-order valence-electron chi connectivity index (χ2n) is 9.41. The van der Waals surface area contributed by atoms with Crippen LogP contribution in [0.3, 0.4) is 0 Å². The Hall–Kier alpha value is -3.75. The maximum atomic E-state index is 13.4. The Labute approximate surface area is 216 Å². The van der Waals surface area contributed by atoms with Gasteiger partial charge in [0.1, 0.15) is 12.4 Å². The molecule has 0 saturated carbocycles. The third-order valence-corrected chi connectivity index (χ3v) is 7.23. The molecule has 2 fully saturated rings. The van der Waals surface area contributed by atoms with Crippen LogP contribution in [0.2, 0.25) is 0 Å². The standard InChI is InChI=1S/C26H30N4O5.C2H6/c1-15-10-22(34-3)20(24(31)28-15)12-27-25(32)23-16(2)30(21-7-5-4-6-19(21)23)13-17-8-9-29-18(11-17)14-35-26(29)33;1-2/h4-7,10,17-18H,8-9,11-14H2,1-3H3,(H,27,32)(H,28,31);1-2H3. The van der Waals surface area contributed by atoms with E-state index in [0.717, 1.165) is 36.0 Å². The first-order valence-electron chi connectivity index (χ1n) is 12.9. The fraction of sp³-hybridized carbons (Fsp3) is 0.464. The highest BCUT2D eigenvalue weighted by Gasteiger charge is 2.38. The molecule has 2 saturated heterocycles. The number of hydrogen-bond acceptors (Lipinski definition) is 5. The molecule has 0 spiro atoms. The Kier molecular flexibility index (Phi) is 7.90. The molecule has 2 atom stereocenters. The molecule has 198 valence electrons. The maximum Gasteiger partial charge on any atom is 0.410 e. The second kappa shape index (κ2) is 11.1. The number of nitrogens with zero attached hydrogens (tertiary/aromatic N) is 2. The van der Waals surface area contributed by atoms with Crippen molar-refractivity contribution < 1.29 is 19.1 Å². The first-order chi connectivity index (χ1) is 17.9. The Bertz CT molecular complexity index is 1360. The average Bonchev–Trinajstić information content (AvgIpc) is 3.40. The zero-order valence-corrected chi connectivity index (χ0v) is 22.2. The van der Waals surface area contributed by atoms with Gasteiger partial charge in [-0.2, -0.15) is 0 Å². The van der Waals surface area contributed by atoms with Crippen LogP contribution in [0, 0.1) is 19.8 Å². The molecule has 1 aromatic carbocycles. The number of rotatable bonds is 6. The highest BCUT2D eigenvalue weighted by molar-refractivity contribution is 6.08. The van der Waals surface area contributed by atoms with Gasteiger partial charge in [-0.1, -0.05) is 32.0 Å². The quantitative estimate of drug-likeness (QED) is 0.521. The van der Waals surface area contributed by atoms with Gasteiger partial charge in [-0.3, -0.25) is 9.59 Å². The van der Waals surface area contributed by atoms with Crippen molar-refractivity contribution in [1.29, 1.82) is 0 Å². The fourth-order valence-corrected chi connectivity index (χ4v) is 5.45. The van der Waals surface area contributed by atoms with E-state index in [9.17, 15) is 14.4 Å². The van der Waals surface area contributed by atoms with Gasteiger partial charge in [0.05, 0.1) is 30.8 Å². The van der Waals surface area contributed by atoms with Gasteiger partial charge < -0.3 is 29.2 Å². The summed E-state index contributed by atoms with van der Waals surface area (Å²) in [5.74, 6) is 0.599. The highest BCUT2D eigenvalue weighted by atomic mass is 16.6. The maximum absolute atomic E-state index is 13.4. The van der Waals surface area contributed by atoms with Crippen LogP contribution in [0.15, 0.2) is 35.1 Å². The molecular weight excluding hydrogens is 472 g/mol. The minimum atomic E-state index is -0.276. The first kappa shape index (κ1) is 26.3. The van der Waals surface area contributed by atoms with E-state index in [2.05, 4.69) is 14.9 Å². The minimum Gasteiger partial charge on any atom is -0.496 e. The predicted octanol–water partition coefficient (Wildman–Crippen LogP) is 4.14. The normalized spacial score (nSPS) is 18.6. The number of hydrogen-bond donors (Lipinski definition) is 2. The zero-order chi connectivity index (χ0) is 26.7. The molecule has 0 radical (unpaired) electrons. The predicted molar refractivity (Wildman–Crippen MR) is 142 cm³/mol. The summed E-state index contributed by atoms with van der Waals surface area (Å²) in [6.07, 6.45) is 1.57. The number of pyridine rings is 1. The van der Waals surface area contributed by atoms with Crippen molar-refractivity contribution in [3.8, 4) is 5.75 Å². The van der Waals surface area contributed by atoms with Crippen LogP contribution in [-0.2, 0) is 17.8 Å². The molecule has 0 aliphatic carbocycles. The number of H-pyrrole nitrogens is 1. The van der Waals surface area contributed by atoms with Crippen LogP contribution in [0.5, 0.6) is 5.75 Å². The van der Waals surface area contributed by atoms with Crippen molar-refractivity contribution in [2.75, 3.05) is 20.3 Å². The van der Waals surface area contributed by atoms with E-state index < -0.39 is 0 Å². The van der Waals surface area contributed by atoms with Gasteiger partial charge in [0.15, 0.2) is 0 Å². The number of carbonyl (C=O) groups is 2. The number of ether oxygens (including phenoxy) is 2. The first-order valence-corrected chi connectivity index (χ1v) is 12.9. The Morgan fingerprint density at radius 1 is 1.22 bits per heavy atom. The summed E-state index contributed by atoms with van der Waals surface area (Å²) in [5.41, 5.74) is 3.30. The molecule has 0 bridgehead atoms. The van der Waals surface area contributed by atoms with E-state index in [1.54, 1.807) is 13.0 Å². The SMILES string of the molecule is CC.COc1cc(C)[nH]c(=O)c1CNC(=O)c1c(C)n(CC2CCN3C(=O)OCC3C2)c2ccccc12. The van der Waals surface area contributed by atoms with Crippen molar-refractivity contribution in [2.24, 2.45) is 5.92 Å². The van der Waals surface area contributed by atoms with Crippen molar-refractivity contribution >= 4 is 22.9 Å². The lowest BCUT2D eigenvalue weighted by Gasteiger charge is -2.33. The Morgan fingerprint density at radius 2 is 1.97 bits per heavy atom. The van der Waals surface area contributed by atoms with Gasteiger partial charge in [-0.25, -0.2) is 4.79 Å². The summed E-state index contributed by atoms with van der Waals surface area (Å²) < 4.78 is 12.8. The smallest absolute Gasteiger partial charge is 0.410 e. The molecule has 2 unspecified atom stereocenters. The van der Waals surface area contributed by atoms with Gasteiger partial charge in [-0.05, 0) is 44.7 Å². The van der Waals surface area contributed by atoms with Gasteiger partial charge in [0, 0.05) is 35.4 Å².